The van der Waals surface area contributed by atoms with Crippen LogP contribution in [0, 0.1) is 13.8 Å². The van der Waals surface area contributed by atoms with Crippen molar-refractivity contribution >= 4 is 38.3 Å². The van der Waals surface area contributed by atoms with Gasteiger partial charge >= 0.3 is 0 Å². The highest BCUT2D eigenvalue weighted by Gasteiger charge is 2.14. The van der Waals surface area contributed by atoms with Crippen LogP contribution < -0.4 is 16.6 Å². The van der Waals surface area contributed by atoms with Gasteiger partial charge in [0.2, 0.25) is 5.91 Å². The fourth-order valence-corrected chi connectivity index (χ4v) is 3.04. The van der Waals surface area contributed by atoms with Gasteiger partial charge in [-0.1, -0.05) is 24.7 Å². The molecule has 1 amide bonds. The minimum atomic E-state index is 0.0686. The predicted molar refractivity (Wildman–Crippen MR) is 85.1 cm³/mol. The van der Waals surface area contributed by atoms with Gasteiger partial charge in [-0.2, -0.15) is 0 Å². The van der Waals surface area contributed by atoms with Crippen molar-refractivity contribution in [1.82, 2.24) is 4.98 Å². The molecule has 6 heteroatoms. The van der Waals surface area contributed by atoms with Crippen LogP contribution in [0.3, 0.4) is 0 Å². The number of rotatable bonds is 5. The van der Waals surface area contributed by atoms with E-state index in [0.717, 1.165) is 39.9 Å². The number of aromatic nitrogens is 1. The first kappa shape index (κ1) is 14.7. The molecule has 0 atom stereocenters. The summed E-state index contributed by atoms with van der Waals surface area (Å²) >= 11 is 1.49. The van der Waals surface area contributed by atoms with E-state index in [9.17, 15) is 4.79 Å². The van der Waals surface area contributed by atoms with Crippen LogP contribution in [0.25, 0.3) is 10.2 Å². The summed E-state index contributed by atoms with van der Waals surface area (Å²) < 4.78 is 1.05. The summed E-state index contributed by atoms with van der Waals surface area (Å²) in [5.74, 6) is 5.47. The van der Waals surface area contributed by atoms with E-state index in [0.29, 0.717) is 11.6 Å². The fraction of sp³-hybridized carbons (Fsp3) is 0.429. The summed E-state index contributed by atoms with van der Waals surface area (Å²) in [7, 11) is 0. The first-order valence-electron chi connectivity index (χ1n) is 6.74. The maximum Gasteiger partial charge on any atom is 0.224 e. The molecule has 1 heterocycles. The highest BCUT2D eigenvalue weighted by Crippen LogP contribution is 2.34. The zero-order valence-electron chi connectivity index (χ0n) is 12.0. The van der Waals surface area contributed by atoms with Crippen LogP contribution in [-0.4, -0.2) is 10.9 Å². The standard InChI is InChI=1S/C14H20N4OS/c1-4-5-6-11(19)17-12-8(2)7-10-13(9(12)3)20-14(16-10)18-15/h7H,4-6,15H2,1-3H3,(H,16,18)(H,17,19). The number of fused-ring (bicyclic) bond motifs is 1. The van der Waals surface area contributed by atoms with Gasteiger partial charge in [0.1, 0.15) is 0 Å². The van der Waals surface area contributed by atoms with Gasteiger partial charge < -0.3 is 5.32 Å². The number of aryl methyl sites for hydroxylation is 2. The van der Waals surface area contributed by atoms with E-state index in [1.165, 1.54) is 11.3 Å². The van der Waals surface area contributed by atoms with E-state index in [2.05, 4.69) is 22.7 Å². The van der Waals surface area contributed by atoms with Crippen molar-refractivity contribution in [1.29, 1.82) is 0 Å². The molecule has 0 unspecified atom stereocenters. The molecule has 0 radical (unpaired) electrons. The van der Waals surface area contributed by atoms with Crippen molar-refractivity contribution in [3.8, 4) is 0 Å². The van der Waals surface area contributed by atoms with Gasteiger partial charge in [-0.05, 0) is 37.5 Å². The number of amides is 1. The molecule has 0 bridgehead atoms. The molecule has 2 rings (SSSR count). The number of nitrogens with one attached hydrogen (secondary N) is 2. The van der Waals surface area contributed by atoms with Crippen molar-refractivity contribution in [2.45, 2.75) is 40.0 Å². The smallest absolute Gasteiger partial charge is 0.224 e. The van der Waals surface area contributed by atoms with E-state index < -0.39 is 0 Å². The minimum Gasteiger partial charge on any atom is -0.326 e. The van der Waals surface area contributed by atoms with Gasteiger partial charge in [0.05, 0.1) is 10.2 Å². The summed E-state index contributed by atoms with van der Waals surface area (Å²) in [5.41, 5.74) is 6.44. The van der Waals surface area contributed by atoms with Gasteiger partial charge in [0.25, 0.3) is 0 Å². The van der Waals surface area contributed by atoms with Gasteiger partial charge in [0, 0.05) is 12.1 Å². The first-order valence-corrected chi connectivity index (χ1v) is 7.55. The maximum atomic E-state index is 11.9. The van der Waals surface area contributed by atoms with Crippen molar-refractivity contribution < 1.29 is 4.79 Å². The van der Waals surface area contributed by atoms with Crippen LogP contribution in [0.5, 0.6) is 0 Å². The molecule has 0 fully saturated rings. The van der Waals surface area contributed by atoms with E-state index in [1.807, 2.05) is 19.9 Å². The summed E-state index contributed by atoms with van der Waals surface area (Å²) in [6.07, 6.45) is 2.49. The van der Waals surface area contributed by atoms with Gasteiger partial charge in [-0.3, -0.25) is 10.2 Å². The number of hydrogen-bond donors (Lipinski definition) is 3. The Balaban J connectivity index is 2.35. The Hall–Kier alpha value is -1.66. The predicted octanol–water partition coefficient (Wildman–Crippen LogP) is 3.33. The lowest BCUT2D eigenvalue weighted by Crippen LogP contribution is -2.13. The Kier molecular flexibility index (Phi) is 4.57. The molecule has 0 aliphatic heterocycles. The monoisotopic (exact) mass is 292 g/mol. The molecule has 1 aromatic carbocycles. The Morgan fingerprint density at radius 1 is 1.45 bits per heavy atom. The van der Waals surface area contributed by atoms with Crippen molar-refractivity contribution in [2.75, 3.05) is 10.7 Å². The Bertz CT molecular complexity index is 636. The average Bonchev–Trinajstić information content (AvgIpc) is 2.84. The molecule has 0 saturated carbocycles. The quantitative estimate of drug-likeness (QED) is 0.583. The number of carbonyl (C=O) groups excluding carboxylic acids is 1. The van der Waals surface area contributed by atoms with E-state index >= 15 is 0 Å². The van der Waals surface area contributed by atoms with Gasteiger partial charge in [0.15, 0.2) is 5.13 Å². The molecule has 108 valence electrons. The average molecular weight is 292 g/mol. The lowest BCUT2D eigenvalue weighted by Gasteiger charge is -2.12. The summed E-state index contributed by atoms with van der Waals surface area (Å²) in [4.78, 5) is 16.3. The highest BCUT2D eigenvalue weighted by atomic mass is 32.1. The number of carbonyl (C=O) groups is 1. The number of benzene rings is 1. The molecular formula is C14H20N4OS. The molecule has 0 aliphatic rings. The number of unbranched alkanes of at least 4 members (excludes halogenated alkanes) is 1. The van der Waals surface area contributed by atoms with Crippen LogP contribution in [0.15, 0.2) is 6.07 Å². The lowest BCUT2D eigenvalue weighted by atomic mass is 10.1. The molecule has 5 nitrogen and oxygen atoms in total. The molecule has 2 aromatic rings. The Morgan fingerprint density at radius 2 is 2.20 bits per heavy atom. The van der Waals surface area contributed by atoms with E-state index in [1.54, 1.807) is 0 Å². The second kappa shape index (κ2) is 6.19. The van der Waals surface area contributed by atoms with Crippen LogP contribution in [-0.2, 0) is 4.79 Å². The minimum absolute atomic E-state index is 0.0686. The number of nitrogens with zero attached hydrogens (tertiary/aromatic N) is 1. The molecule has 0 aliphatic carbocycles. The largest absolute Gasteiger partial charge is 0.326 e. The second-order valence-electron chi connectivity index (χ2n) is 4.86. The van der Waals surface area contributed by atoms with E-state index in [4.69, 9.17) is 5.84 Å². The van der Waals surface area contributed by atoms with Crippen LogP contribution >= 0.6 is 11.3 Å². The second-order valence-corrected chi connectivity index (χ2v) is 5.86. The SMILES string of the molecule is CCCCC(=O)Nc1c(C)cc2nc(NN)sc2c1C. The number of thiazole rings is 1. The van der Waals surface area contributed by atoms with Crippen LogP contribution in [0.1, 0.15) is 37.3 Å². The third-order valence-corrected chi connectivity index (χ3v) is 4.38. The number of hydrogen-bond acceptors (Lipinski definition) is 5. The highest BCUT2D eigenvalue weighted by molar-refractivity contribution is 7.22. The molecule has 0 saturated heterocycles. The fourth-order valence-electron chi connectivity index (χ4n) is 2.18. The zero-order chi connectivity index (χ0) is 14.7. The number of nitrogens with two attached hydrogens (primary N) is 1. The zero-order valence-corrected chi connectivity index (χ0v) is 12.9. The summed E-state index contributed by atoms with van der Waals surface area (Å²) in [6.45, 7) is 6.06. The van der Waals surface area contributed by atoms with Crippen molar-refractivity contribution in [3.63, 3.8) is 0 Å². The molecule has 1 aromatic heterocycles. The maximum absolute atomic E-state index is 11.9. The molecule has 4 N–H and O–H groups in total. The number of nitrogen functional groups attached to an aromatic ring is 1. The van der Waals surface area contributed by atoms with Crippen LogP contribution in [0.2, 0.25) is 0 Å². The molecule has 0 spiro atoms. The first-order chi connectivity index (χ1) is 9.56. The lowest BCUT2D eigenvalue weighted by molar-refractivity contribution is -0.116. The van der Waals surface area contributed by atoms with Crippen molar-refractivity contribution in [3.05, 3.63) is 17.2 Å². The molecule has 20 heavy (non-hydrogen) atoms. The number of hydrazine groups is 1. The molecular weight excluding hydrogens is 272 g/mol. The topological polar surface area (TPSA) is 80.0 Å². The Labute approximate surface area is 122 Å². The van der Waals surface area contributed by atoms with Crippen LogP contribution in [0.4, 0.5) is 10.8 Å². The summed E-state index contributed by atoms with van der Waals surface area (Å²) in [6, 6.07) is 1.98. The van der Waals surface area contributed by atoms with Gasteiger partial charge in [-0.15, -0.1) is 0 Å². The third kappa shape index (κ3) is 2.91. The summed E-state index contributed by atoms with van der Waals surface area (Å²) in [5, 5.41) is 3.70. The van der Waals surface area contributed by atoms with Gasteiger partial charge in [-0.25, -0.2) is 10.8 Å². The Morgan fingerprint density at radius 3 is 2.85 bits per heavy atom. The number of anilines is 2. The van der Waals surface area contributed by atoms with E-state index in [-0.39, 0.29) is 5.91 Å². The normalized spacial score (nSPS) is 10.8. The van der Waals surface area contributed by atoms with Crippen molar-refractivity contribution in [2.24, 2.45) is 5.84 Å². The third-order valence-electron chi connectivity index (χ3n) is 3.26.